The Hall–Kier alpha value is -3.42. The molecule has 0 saturated carbocycles. The lowest BCUT2D eigenvalue weighted by Gasteiger charge is -2.19. The lowest BCUT2D eigenvalue weighted by Crippen LogP contribution is -2.33. The zero-order valence-corrected chi connectivity index (χ0v) is 21.3. The quantitative estimate of drug-likeness (QED) is 0.157. The number of carbonyl (C=O) groups is 1. The number of rotatable bonds is 10. The van der Waals surface area contributed by atoms with E-state index in [-0.39, 0.29) is 17.2 Å². The van der Waals surface area contributed by atoms with Crippen molar-refractivity contribution in [1.82, 2.24) is 14.5 Å². The van der Waals surface area contributed by atoms with Crippen molar-refractivity contribution in [2.75, 3.05) is 18.8 Å². The molecular formula is C28H27N3O2S2. The number of aromatic nitrogens is 2. The van der Waals surface area contributed by atoms with Crippen LogP contribution in [0.4, 0.5) is 0 Å². The normalized spacial score (nSPS) is 10.9. The van der Waals surface area contributed by atoms with Crippen molar-refractivity contribution in [3.8, 4) is 10.4 Å². The van der Waals surface area contributed by atoms with E-state index in [0.29, 0.717) is 35.0 Å². The fourth-order valence-electron chi connectivity index (χ4n) is 3.67. The standard InChI is InChI=1S/C28H27N3O2S2/c1-4-15-30(16-5-2)25(32)19-34-28-29-23-17-24(22-13-11-20(3)12-14-22)35-26(23)27(33)31(28)18-21-9-7-6-8-10-21/h4-14,17H,1-2,15-16,18-19H2,3H3. The molecule has 2 heterocycles. The first-order valence-corrected chi connectivity index (χ1v) is 13.1. The minimum absolute atomic E-state index is 0.0546. The molecule has 0 fully saturated rings. The highest BCUT2D eigenvalue weighted by atomic mass is 32.2. The van der Waals surface area contributed by atoms with Gasteiger partial charge in [0.15, 0.2) is 5.16 Å². The van der Waals surface area contributed by atoms with Gasteiger partial charge in [-0.25, -0.2) is 4.98 Å². The molecule has 178 valence electrons. The van der Waals surface area contributed by atoms with E-state index in [1.54, 1.807) is 21.6 Å². The number of hydrogen-bond acceptors (Lipinski definition) is 5. The van der Waals surface area contributed by atoms with Gasteiger partial charge in [-0.2, -0.15) is 0 Å². The Kier molecular flexibility index (Phi) is 8.00. The molecule has 0 unspecified atom stereocenters. The van der Waals surface area contributed by atoms with E-state index in [1.807, 2.05) is 36.4 Å². The summed E-state index contributed by atoms with van der Waals surface area (Å²) in [5.41, 5.74) is 3.80. The van der Waals surface area contributed by atoms with Gasteiger partial charge in [-0.1, -0.05) is 84.1 Å². The molecule has 1 amide bonds. The second-order valence-electron chi connectivity index (χ2n) is 8.13. The smallest absolute Gasteiger partial charge is 0.272 e. The van der Waals surface area contributed by atoms with E-state index in [9.17, 15) is 9.59 Å². The Bertz CT molecular complexity index is 1400. The highest BCUT2D eigenvalue weighted by molar-refractivity contribution is 7.99. The summed E-state index contributed by atoms with van der Waals surface area (Å²) in [4.78, 5) is 34.0. The van der Waals surface area contributed by atoms with Crippen LogP contribution in [-0.4, -0.2) is 39.2 Å². The van der Waals surface area contributed by atoms with Gasteiger partial charge in [0.25, 0.3) is 5.56 Å². The van der Waals surface area contributed by atoms with Gasteiger partial charge in [0.1, 0.15) is 4.70 Å². The van der Waals surface area contributed by atoms with Crippen molar-refractivity contribution >= 4 is 39.2 Å². The van der Waals surface area contributed by atoms with Gasteiger partial charge in [-0.05, 0) is 24.1 Å². The molecule has 0 aliphatic heterocycles. The lowest BCUT2D eigenvalue weighted by atomic mass is 10.1. The number of thioether (sulfide) groups is 1. The monoisotopic (exact) mass is 501 g/mol. The largest absolute Gasteiger partial charge is 0.335 e. The average Bonchev–Trinajstić information content (AvgIpc) is 3.30. The molecule has 2 aromatic heterocycles. The summed E-state index contributed by atoms with van der Waals surface area (Å²) < 4.78 is 2.29. The first-order valence-electron chi connectivity index (χ1n) is 11.3. The molecular weight excluding hydrogens is 474 g/mol. The maximum atomic E-state index is 13.6. The van der Waals surface area contributed by atoms with Gasteiger partial charge in [0.05, 0.1) is 17.8 Å². The zero-order valence-electron chi connectivity index (χ0n) is 19.6. The van der Waals surface area contributed by atoms with Crippen LogP contribution < -0.4 is 5.56 Å². The van der Waals surface area contributed by atoms with Crippen molar-refractivity contribution in [2.24, 2.45) is 0 Å². The summed E-state index contributed by atoms with van der Waals surface area (Å²) in [6, 6.07) is 20.0. The van der Waals surface area contributed by atoms with Crippen LogP contribution in [0.2, 0.25) is 0 Å². The molecule has 0 saturated heterocycles. The highest BCUT2D eigenvalue weighted by Gasteiger charge is 2.18. The minimum atomic E-state index is -0.0915. The first kappa shape index (κ1) is 24.7. The van der Waals surface area contributed by atoms with Gasteiger partial charge >= 0.3 is 0 Å². The number of amides is 1. The van der Waals surface area contributed by atoms with Crippen molar-refractivity contribution in [1.29, 1.82) is 0 Å². The lowest BCUT2D eigenvalue weighted by molar-refractivity contribution is -0.127. The Labute approximate surface area is 213 Å². The van der Waals surface area contributed by atoms with Crippen molar-refractivity contribution in [3.05, 3.63) is 107 Å². The van der Waals surface area contributed by atoms with Crippen LogP contribution in [0.3, 0.4) is 0 Å². The van der Waals surface area contributed by atoms with Crippen LogP contribution in [0.5, 0.6) is 0 Å². The van der Waals surface area contributed by atoms with Crippen LogP contribution in [0.25, 0.3) is 20.7 Å². The SMILES string of the molecule is C=CCN(CC=C)C(=O)CSc1nc2cc(-c3ccc(C)cc3)sc2c(=O)n1Cc1ccccc1. The highest BCUT2D eigenvalue weighted by Crippen LogP contribution is 2.32. The summed E-state index contributed by atoms with van der Waals surface area (Å²) in [5, 5.41) is 0.533. The third-order valence-corrected chi connectivity index (χ3v) is 7.62. The third-order valence-electron chi connectivity index (χ3n) is 5.49. The summed E-state index contributed by atoms with van der Waals surface area (Å²) in [6.45, 7) is 10.8. The second kappa shape index (κ2) is 11.3. The van der Waals surface area contributed by atoms with Crippen molar-refractivity contribution < 1.29 is 4.79 Å². The summed E-state index contributed by atoms with van der Waals surface area (Å²) in [7, 11) is 0. The molecule has 0 atom stereocenters. The zero-order chi connectivity index (χ0) is 24.8. The number of fused-ring (bicyclic) bond motifs is 1. The molecule has 5 nitrogen and oxygen atoms in total. The van der Waals surface area contributed by atoms with E-state index in [4.69, 9.17) is 4.98 Å². The number of carbonyl (C=O) groups excluding carboxylic acids is 1. The van der Waals surface area contributed by atoms with Gasteiger partial charge in [0.2, 0.25) is 5.91 Å². The van der Waals surface area contributed by atoms with Gasteiger partial charge in [-0.3, -0.25) is 14.2 Å². The minimum Gasteiger partial charge on any atom is -0.335 e. The fourth-order valence-corrected chi connectivity index (χ4v) is 5.63. The van der Waals surface area contributed by atoms with E-state index >= 15 is 0 Å². The molecule has 2 aromatic carbocycles. The third kappa shape index (κ3) is 5.81. The second-order valence-corrected chi connectivity index (χ2v) is 10.1. The molecule has 0 N–H and O–H groups in total. The Morgan fingerprint density at radius 1 is 1.09 bits per heavy atom. The van der Waals surface area contributed by atoms with Crippen LogP contribution in [0.1, 0.15) is 11.1 Å². The summed E-state index contributed by atoms with van der Waals surface area (Å²) in [6.07, 6.45) is 3.39. The molecule has 4 rings (SSSR count). The fraction of sp³-hybridized carbons (Fsp3) is 0.179. The Morgan fingerprint density at radius 2 is 1.77 bits per heavy atom. The molecule has 4 aromatic rings. The maximum absolute atomic E-state index is 13.6. The van der Waals surface area contributed by atoms with Gasteiger partial charge in [-0.15, -0.1) is 24.5 Å². The molecule has 0 bridgehead atoms. The van der Waals surface area contributed by atoms with Gasteiger partial charge in [0, 0.05) is 18.0 Å². The molecule has 0 spiro atoms. The van der Waals surface area contributed by atoms with Crippen LogP contribution in [0.15, 0.2) is 95.9 Å². The number of aryl methyl sites for hydroxylation is 1. The first-order chi connectivity index (χ1) is 17.0. The average molecular weight is 502 g/mol. The topological polar surface area (TPSA) is 55.2 Å². The number of benzene rings is 2. The van der Waals surface area contributed by atoms with Crippen molar-refractivity contribution in [3.63, 3.8) is 0 Å². The van der Waals surface area contributed by atoms with Gasteiger partial charge < -0.3 is 4.90 Å². The molecule has 0 radical (unpaired) electrons. The van der Waals surface area contributed by atoms with Crippen LogP contribution >= 0.6 is 23.1 Å². The van der Waals surface area contributed by atoms with E-state index < -0.39 is 0 Å². The summed E-state index contributed by atoms with van der Waals surface area (Å²) >= 11 is 2.74. The van der Waals surface area contributed by atoms with Crippen LogP contribution in [-0.2, 0) is 11.3 Å². The number of thiophene rings is 1. The van der Waals surface area contributed by atoms with Crippen molar-refractivity contribution in [2.45, 2.75) is 18.6 Å². The maximum Gasteiger partial charge on any atom is 0.272 e. The Morgan fingerprint density at radius 3 is 2.43 bits per heavy atom. The van der Waals surface area contributed by atoms with E-state index in [1.165, 1.54) is 28.7 Å². The Balaban J connectivity index is 1.73. The van der Waals surface area contributed by atoms with E-state index in [0.717, 1.165) is 16.0 Å². The predicted molar refractivity (Wildman–Crippen MR) is 147 cm³/mol. The molecule has 7 heteroatoms. The molecule has 0 aliphatic carbocycles. The molecule has 0 aliphatic rings. The summed E-state index contributed by atoms with van der Waals surface area (Å²) in [5.74, 6) is 0.115. The number of hydrogen-bond donors (Lipinski definition) is 0. The number of nitrogens with zero attached hydrogens (tertiary/aromatic N) is 3. The predicted octanol–water partition coefficient (Wildman–Crippen LogP) is 5.77. The van der Waals surface area contributed by atoms with Crippen LogP contribution in [0, 0.1) is 6.92 Å². The van der Waals surface area contributed by atoms with E-state index in [2.05, 4.69) is 44.3 Å². The molecule has 35 heavy (non-hydrogen) atoms.